The van der Waals surface area contributed by atoms with Crippen LogP contribution in [0.2, 0.25) is 10.0 Å². The summed E-state index contributed by atoms with van der Waals surface area (Å²) in [5.41, 5.74) is 1.65. The second-order valence-electron chi connectivity index (χ2n) is 6.54. The fraction of sp³-hybridized carbons (Fsp3) is 0.0435. The molecule has 3 rings (SSSR count). The van der Waals surface area contributed by atoms with Gasteiger partial charge in [-0.3, -0.25) is 14.9 Å². The first-order valence-electron chi connectivity index (χ1n) is 9.20. The Kier molecular flexibility index (Phi) is 7.45. The minimum Gasteiger partial charge on any atom is -0.489 e. The molecule has 1 amide bonds. The summed E-state index contributed by atoms with van der Waals surface area (Å²) in [7, 11) is 0. The van der Waals surface area contributed by atoms with Crippen molar-refractivity contribution in [3.05, 3.63) is 104 Å². The third kappa shape index (κ3) is 6.08. The molecule has 0 aliphatic carbocycles. The van der Waals surface area contributed by atoms with Crippen molar-refractivity contribution in [2.45, 2.75) is 6.61 Å². The zero-order valence-electron chi connectivity index (χ0n) is 16.4. The van der Waals surface area contributed by atoms with Crippen LogP contribution >= 0.6 is 23.2 Å². The monoisotopic (exact) mass is 467 g/mol. The molecule has 0 aliphatic rings. The number of nitro benzene ring substituents is 1. The van der Waals surface area contributed by atoms with Crippen LogP contribution < -0.4 is 10.1 Å². The number of nitrogens with zero attached hydrogens (tertiary/aromatic N) is 2. The number of ether oxygens (including phenoxy) is 1. The summed E-state index contributed by atoms with van der Waals surface area (Å²) in [5, 5.41) is 23.4. The van der Waals surface area contributed by atoms with Gasteiger partial charge in [0.1, 0.15) is 24.0 Å². The van der Waals surface area contributed by atoms with Gasteiger partial charge in [-0.15, -0.1) is 0 Å². The van der Waals surface area contributed by atoms with Gasteiger partial charge >= 0.3 is 0 Å². The molecule has 0 aromatic heterocycles. The molecular weight excluding hydrogens is 453 g/mol. The highest BCUT2D eigenvalue weighted by Crippen LogP contribution is 2.25. The minimum absolute atomic E-state index is 0.00376. The van der Waals surface area contributed by atoms with E-state index < -0.39 is 10.8 Å². The van der Waals surface area contributed by atoms with Gasteiger partial charge < -0.3 is 10.1 Å². The molecule has 0 bridgehead atoms. The minimum atomic E-state index is -0.594. The molecule has 0 spiro atoms. The van der Waals surface area contributed by atoms with Crippen molar-refractivity contribution < 1.29 is 14.5 Å². The number of nitriles is 1. The first-order valence-corrected chi connectivity index (χ1v) is 9.95. The van der Waals surface area contributed by atoms with Crippen molar-refractivity contribution in [2.24, 2.45) is 0 Å². The number of amides is 1. The van der Waals surface area contributed by atoms with Crippen LogP contribution in [-0.2, 0) is 11.4 Å². The van der Waals surface area contributed by atoms with Crippen molar-refractivity contribution in [3.8, 4) is 11.8 Å². The lowest BCUT2D eigenvalue weighted by Gasteiger charge is -2.08. The van der Waals surface area contributed by atoms with E-state index in [0.717, 1.165) is 5.56 Å². The molecule has 3 aromatic carbocycles. The van der Waals surface area contributed by atoms with Crippen LogP contribution in [0.5, 0.6) is 5.75 Å². The molecule has 160 valence electrons. The summed E-state index contributed by atoms with van der Waals surface area (Å²) in [6, 6.07) is 19.4. The third-order valence-corrected chi connectivity index (χ3v) is 5.00. The molecule has 0 atom stereocenters. The van der Waals surface area contributed by atoms with Crippen LogP contribution in [0.3, 0.4) is 0 Å². The maximum absolute atomic E-state index is 12.5. The molecule has 32 heavy (non-hydrogen) atoms. The number of hydrogen-bond donors (Lipinski definition) is 1. The zero-order valence-corrected chi connectivity index (χ0v) is 17.9. The van der Waals surface area contributed by atoms with Gasteiger partial charge in [-0.2, -0.15) is 5.26 Å². The van der Waals surface area contributed by atoms with E-state index in [1.54, 1.807) is 48.5 Å². The number of hydrogen-bond acceptors (Lipinski definition) is 5. The largest absolute Gasteiger partial charge is 0.489 e. The molecule has 0 radical (unpaired) electrons. The van der Waals surface area contributed by atoms with Crippen molar-refractivity contribution >= 4 is 46.6 Å². The molecule has 0 fully saturated rings. The topological polar surface area (TPSA) is 105 Å². The summed E-state index contributed by atoms with van der Waals surface area (Å²) < 4.78 is 5.72. The van der Waals surface area contributed by atoms with E-state index in [4.69, 9.17) is 27.9 Å². The number of non-ortho nitro benzene ring substituents is 1. The average Bonchev–Trinajstić information content (AvgIpc) is 2.79. The molecule has 7 nitrogen and oxygen atoms in total. The fourth-order valence-electron chi connectivity index (χ4n) is 2.66. The number of nitro groups is 1. The van der Waals surface area contributed by atoms with E-state index in [9.17, 15) is 20.2 Å². The third-order valence-electron chi connectivity index (χ3n) is 4.26. The second kappa shape index (κ2) is 10.4. The Labute approximate surface area is 193 Å². The summed E-state index contributed by atoms with van der Waals surface area (Å²) in [6.07, 6.45) is 1.44. The van der Waals surface area contributed by atoms with Crippen LogP contribution in [0, 0.1) is 21.4 Å². The molecular formula is C23H15Cl2N3O4. The molecule has 9 heteroatoms. The Balaban J connectivity index is 1.69. The molecule has 3 aromatic rings. The normalized spacial score (nSPS) is 10.8. The Morgan fingerprint density at radius 3 is 2.50 bits per heavy atom. The van der Waals surface area contributed by atoms with Gasteiger partial charge in [0, 0.05) is 17.8 Å². The number of carbonyl (C=O) groups is 1. The van der Waals surface area contributed by atoms with Gasteiger partial charge in [-0.25, -0.2) is 0 Å². The second-order valence-corrected chi connectivity index (χ2v) is 7.35. The lowest BCUT2D eigenvalue weighted by molar-refractivity contribution is -0.384. The smallest absolute Gasteiger partial charge is 0.269 e. The van der Waals surface area contributed by atoms with E-state index in [-0.39, 0.29) is 22.9 Å². The van der Waals surface area contributed by atoms with Gasteiger partial charge in [0.25, 0.3) is 11.6 Å². The SMILES string of the molecule is N#C/C(=C/c1cccc(OCc2ccc([N+](=O)[O-])cc2)c1)C(=O)Nc1ccc(Cl)c(Cl)c1. The van der Waals surface area contributed by atoms with Crippen LogP contribution in [0.25, 0.3) is 6.08 Å². The molecule has 0 aliphatic heterocycles. The predicted octanol–water partition coefficient (Wildman–Crippen LogP) is 6.03. The van der Waals surface area contributed by atoms with Crippen LogP contribution in [-0.4, -0.2) is 10.8 Å². The van der Waals surface area contributed by atoms with Crippen molar-refractivity contribution in [1.82, 2.24) is 0 Å². The predicted molar refractivity (Wildman–Crippen MR) is 123 cm³/mol. The lowest BCUT2D eigenvalue weighted by atomic mass is 10.1. The van der Waals surface area contributed by atoms with E-state index >= 15 is 0 Å². The highest BCUT2D eigenvalue weighted by atomic mass is 35.5. The Hall–Kier alpha value is -3.86. The van der Waals surface area contributed by atoms with E-state index in [2.05, 4.69) is 5.32 Å². The first kappa shape index (κ1) is 22.8. The van der Waals surface area contributed by atoms with E-state index in [1.165, 1.54) is 24.3 Å². The number of rotatable bonds is 7. The maximum Gasteiger partial charge on any atom is 0.269 e. The summed E-state index contributed by atoms with van der Waals surface area (Å²) >= 11 is 11.8. The van der Waals surface area contributed by atoms with Crippen molar-refractivity contribution in [3.63, 3.8) is 0 Å². The zero-order chi connectivity index (χ0) is 23.1. The van der Waals surface area contributed by atoms with Crippen molar-refractivity contribution in [1.29, 1.82) is 5.26 Å². The summed E-state index contributed by atoms with van der Waals surface area (Å²) in [4.78, 5) is 22.7. The van der Waals surface area contributed by atoms with Crippen LogP contribution in [0.15, 0.2) is 72.3 Å². The standard InChI is InChI=1S/C23H15Cl2N3O4/c24-21-9-6-18(12-22(21)25)27-23(29)17(13-26)10-16-2-1-3-20(11-16)32-14-15-4-7-19(8-5-15)28(30)31/h1-12H,14H2,(H,27,29)/b17-10-. The van der Waals surface area contributed by atoms with Gasteiger partial charge in [0.2, 0.25) is 0 Å². The summed E-state index contributed by atoms with van der Waals surface area (Å²) in [6.45, 7) is 0.202. The van der Waals surface area contributed by atoms with E-state index in [0.29, 0.717) is 22.0 Å². The Morgan fingerprint density at radius 2 is 1.84 bits per heavy atom. The van der Waals surface area contributed by atoms with Crippen molar-refractivity contribution in [2.75, 3.05) is 5.32 Å². The number of halogens is 2. The quantitative estimate of drug-likeness (QED) is 0.197. The van der Waals surface area contributed by atoms with Gasteiger partial charge in [0.05, 0.1) is 15.0 Å². The van der Waals surface area contributed by atoms with Gasteiger partial charge in [-0.05, 0) is 59.7 Å². The number of benzene rings is 3. The summed E-state index contributed by atoms with van der Waals surface area (Å²) in [5.74, 6) is -0.0811. The maximum atomic E-state index is 12.5. The molecule has 0 saturated heterocycles. The lowest BCUT2D eigenvalue weighted by Crippen LogP contribution is -2.13. The van der Waals surface area contributed by atoms with Crippen LogP contribution in [0.4, 0.5) is 11.4 Å². The Morgan fingerprint density at radius 1 is 1.09 bits per heavy atom. The Bertz CT molecular complexity index is 1230. The first-order chi connectivity index (χ1) is 15.4. The fourth-order valence-corrected chi connectivity index (χ4v) is 2.96. The number of anilines is 1. The van der Waals surface area contributed by atoms with E-state index in [1.807, 2.05) is 6.07 Å². The molecule has 0 saturated carbocycles. The van der Waals surface area contributed by atoms with Gasteiger partial charge in [-0.1, -0.05) is 35.3 Å². The average molecular weight is 468 g/mol. The highest BCUT2D eigenvalue weighted by molar-refractivity contribution is 6.42. The molecule has 1 N–H and O–H groups in total. The number of carbonyl (C=O) groups excluding carboxylic acids is 1. The molecule has 0 unspecified atom stereocenters. The molecule has 0 heterocycles. The highest BCUT2D eigenvalue weighted by Gasteiger charge is 2.11. The van der Waals surface area contributed by atoms with Gasteiger partial charge in [0.15, 0.2) is 0 Å². The van der Waals surface area contributed by atoms with Crippen LogP contribution in [0.1, 0.15) is 11.1 Å². The number of nitrogens with one attached hydrogen (secondary N) is 1.